The summed E-state index contributed by atoms with van der Waals surface area (Å²) in [6.45, 7) is 0. The van der Waals surface area contributed by atoms with Gasteiger partial charge in [-0.15, -0.1) is 11.8 Å². The summed E-state index contributed by atoms with van der Waals surface area (Å²) in [5, 5.41) is 9.55. The Morgan fingerprint density at radius 3 is 2.88 bits per heavy atom. The van der Waals surface area contributed by atoms with Gasteiger partial charge in [-0.2, -0.15) is 0 Å². The largest absolute Gasteiger partial charge is 0.477 e. The van der Waals surface area contributed by atoms with Crippen LogP contribution >= 0.6 is 11.8 Å². The van der Waals surface area contributed by atoms with Crippen molar-refractivity contribution in [1.82, 2.24) is 15.0 Å². The maximum Gasteiger partial charge on any atom is 0.354 e. The summed E-state index contributed by atoms with van der Waals surface area (Å²) in [6.07, 6.45) is 3.58. The topological polar surface area (TPSA) is 78.9 Å². The Morgan fingerprint density at radius 1 is 1.50 bits per heavy atom. The quantitative estimate of drug-likeness (QED) is 0.627. The number of H-pyrrole nitrogens is 1. The van der Waals surface area contributed by atoms with E-state index in [9.17, 15) is 4.79 Å². The number of rotatable bonds is 3. The lowest BCUT2D eigenvalue weighted by Crippen LogP contribution is -2.04. The summed E-state index contributed by atoms with van der Waals surface area (Å²) in [7, 11) is 0. The molecule has 0 unspecified atom stereocenters. The van der Waals surface area contributed by atoms with Crippen LogP contribution in [-0.2, 0) is 0 Å². The molecule has 0 fully saturated rings. The van der Waals surface area contributed by atoms with E-state index < -0.39 is 5.97 Å². The number of carboxylic acids is 1. The Hall–Kier alpha value is -1.82. The Balaban J connectivity index is 2.53. The van der Waals surface area contributed by atoms with Gasteiger partial charge in [0, 0.05) is 12.3 Å². The van der Waals surface area contributed by atoms with Crippen LogP contribution in [0.15, 0.2) is 29.4 Å². The van der Waals surface area contributed by atoms with Gasteiger partial charge < -0.3 is 10.1 Å². The minimum atomic E-state index is -1.05. The summed E-state index contributed by atoms with van der Waals surface area (Å²) in [6, 6.07) is 5.06. The van der Waals surface area contributed by atoms with Crippen molar-refractivity contribution in [3.8, 4) is 11.5 Å². The summed E-state index contributed by atoms with van der Waals surface area (Å²) in [5.41, 5.74) is 0.711. The van der Waals surface area contributed by atoms with E-state index in [2.05, 4.69) is 15.0 Å². The zero-order valence-electron chi connectivity index (χ0n) is 8.47. The van der Waals surface area contributed by atoms with Crippen molar-refractivity contribution >= 4 is 17.7 Å². The molecule has 0 aliphatic heterocycles. The van der Waals surface area contributed by atoms with Crippen molar-refractivity contribution in [1.29, 1.82) is 0 Å². The van der Waals surface area contributed by atoms with Crippen molar-refractivity contribution in [2.75, 3.05) is 6.26 Å². The van der Waals surface area contributed by atoms with E-state index in [1.165, 1.54) is 17.8 Å². The molecule has 0 aliphatic rings. The first-order valence-corrected chi connectivity index (χ1v) is 5.73. The minimum Gasteiger partial charge on any atom is -0.477 e. The molecule has 0 aliphatic carbocycles. The number of thioether (sulfide) groups is 1. The standard InChI is InChI=1S/C10H9N3O2S/c1-16-8-5-7(10(14)15)12-9(13-8)6-3-2-4-11-6/h2-5,11H,1H3,(H,14,15). The van der Waals surface area contributed by atoms with Gasteiger partial charge in [-0.25, -0.2) is 14.8 Å². The first-order valence-electron chi connectivity index (χ1n) is 4.51. The number of nitrogens with zero attached hydrogens (tertiary/aromatic N) is 2. The first kappa shape index (κ1) is 10.7. The Morgan fingerprint density at radius 2 is 2.31 bits per heavy atom. The number of aromatic carboxylic acids is 1. The van der Waals surface area contributed by atoms with Gasteiger partial charge in [-0.3, -0.25) is 0 Å². The molecule has 16 heavy (non-hydrogen) atoms. The molecule has 0 bridgehead atoms. The average Bonchev–Trinajstić information content (AvgIpc) is 2.81. The number of hydrogen-bond acceptors (Lipinski definition) is 4. The molecule has 0 saturated carbocycles. The lowest BCUT2D eigenvalue weighted by atomic mass is 10.3. The summed E-state index contributed by atoms with van der Waals surface area (Å²) < 4.78 is 0. The Bertz CT molecular complexity index is 511. The van der Waals surface area contributed by atoms with E-state index in [0.29, 0.717) is 16.5 Å². The number of carbonyl (C=O) groups is 1. The fraction of sp³-hybridized carbons (Fsp3) is 0.100. The third-order valence-electron chi connectivity index (χ3n) is 1.97. The van der Waals surface area contributed by atoms with Gasteiger partial charge in [-0.05, 0) is 18.4 Å². The summed E-state index contributed by atoms with van der Waals surface area (Å²) in [5.74, 6) is -0.653. The predicted molar refractivity (Wildman–Crippen MR) is 60.6 cm³/mol. The fourth-order valence-corrected chi connectivity index (χ4v) is 1.64. The smallest absolute Gasteiger partial charge is 0.354 e. The molecule has 0 saturated heterocycles. The highest BCUT2D eigenvalue weighted by atomic mass is 32.2. The highest BCUT2D eigenvalue weighted by Crippen LogP contribution is 2.18. The highest BCUT2D eigenvalue weighted by Gasteiger charge is 2.11. The van der Waals surface area contributed by atoms with Crippen LogP contribution in [0.1, 0.15) is 10.5 Å². The van der Waals surface area contributed by atoms with Crippen molar-refractivity contribution in [2.45, 2.75) is 5.03 Å². The third kappa shape index (κ3) is 2.06. The maximum absolute atomic E-state index is 10.9. The summed E-state index contributed by atoms with van der Waals surface area (Å²) in [4.78, 5) is 22.0. The van der Waals surface area contributed by atoms with Crippen LogP contribution in [0.3, 0.4) is 0 Å². The van der Waals surface area contributed by atoms with Gasteiger partial charge in [0.2, 0.25) is 0 Å². The van der Waals surface area contributed by atoms with E-state index in [1.807, 2.05) is 12.3 Å². The molecule has 2 N–H and O–H groups in total. The van der Waals surface area contributed by atoms with Gasteiger partial charge in [-0.1, -0.05) is 0 Å². The molecule has 2 aromatic rings. The van der Waals surface area contributed by atoms with E-state index >= 15 is 0 Å². The van der Waals surface area contributed by atoms with Crippen LogP contribution < -0.4 is 0 Å². The first-order chi connectivity index (χ1) is 7.70. The van der Waals surface area contributed by atoms with E-state index in [4.69, 9.17) is 5.11 Å². The molecule has 0 atom stereocenters. The van der Waals surface area contributed by atoms with Crippen LogP contribution in [0, 0.1) is 0 Å². The normalized spacial score (nSPS) is 10.3. The Labute approximate surface area is 95.9 Å². The summed E-state index contributed by atoms with van der Waals surface area (Å²) >= 11 is 1.38. The molecule has 5 nitrogen and oxygen atoms in total. The average molecular weight is 235 g/mol. The van der Waals surface area contributed by atoms with Crippen molar-refractivity contribution in [2.24, 2.45) is 0 Å². The van der Waals surface area contributed by atoms with Crippen molar-refractivity contribution in [3.63, 3.8) is 0 Å². The van der Waals surface area contributed by atoms with Crippen LogP contribution in [0.2, 0.25) is 0 Å². The van der Waals surface area contributed by atoms with Crippen molar-refractivity contribution in [3.05, 3.63) is 30.1 Å². The fourth-order valence-electron chi connectivity index (χ4n) is 1.23. The van der Waals surface area contributed by atoms with Gasteiger partial charge >= 0.3 is 5.97 Å². The maximum atomic E-state index is 10.9. The van der Waals surface area contributed by atoms with Gasteiger partial charge in [0.25, 0.3) is 0 Å². The predicted octanol–water partition coefficient (Wildman–Crippen LogP) is 1.89. The SMILES string of the molecule is CSc1cc(C(=O)O)nc(-c2ccc[nH]2)n1. The molecular weight excluding hydrogens is 226 g/mol. The Kier molecular flexibility index (Phi) is 2.91. The monoisotopic (exact) mass is 235 g/mol. The van der Waals surface area contributed by atoms with E-state index in [1.54, 1.807) is 12.3 Å². The van der Waals surface area contributed by atoms with Gasteiger partial charge in [0.05, 0.1) is 5.69 Å². The number of aromatic amines is 1. The number of nitrogens with one attached hydrogen (secondary N) is 1. The molecule has 6 heteroatoms. The molecule has 0 spiro atoms. The second-order valence-electron chi connectivity index (χ2n) is 3.01. The van der Waals surface area contributed by atoms with Crippen LogP contribution in [-0.4, -0.2) is 32.3 Å². The van der Waals surface area contributed by atoms with Crippen LogP contribution in [0.25, 0.3) is 11.5 Å². The van der Waals surface area contributed by atoms with Crippen LogP contribution in [0.5, 0.6) is 0 Å². The molecular formula is C10H9N3O2S. The zero-order chi connectivity index (χ0) is 11.5. The van der Waals surface area contributed by atoms with Gasteiger partial charge in [0.15, 0.2) is 11.5 Å². The molecule has 0 amide bonds. The molecule has 2 rings (SSSR count). The number of hydrogen-bond donors (Lipinski definition) is 2. The zero-order valence-corrected chi connectivity index (χ0v) is 9.28. The van der Waals surface area contributed by atoms with E-state index in [-0.39, 0.29) is 5.69 Å². The van der Waals surface area contributed by atoms with E-state index in [0.717, 1.165) is 0 Å². The van der Waals surface area contributed by atoms with Crippen LogP contribution in [0.4, 0.5) is 0 Å². The second kappa shape index (κ2) is 4.36. The molecule has 0 aromatic carbocycles. The minimum absolute atomic E-state index is 0.00366. The molecule has 82 valence electrons. The van der Waals surface area contributed by atoms with Crippen molar-refractivity contribution < 1.29 is 9.90 Å². The molecule has 2 heterocycles. The number of carboxylic acid groups (broad SMARTS) is 1. The molecule has 0 radical (unpaired) electrons. The van der Waals surface area contributed by atoms with Gasteiger partial charge in [0.1, 0.15) is 5.03 Å². The lowest BCUT2D eigenvalue weighted by Gasteiger charge is -2.02. The highest BCUT2D eigenvalue weighted by molar-refractivity contribution is 7.98. The number of aromatic nitrogens is 3. The second-order valence-corrected chi connectivity index (χ2v) is 3.83. The lowest BCUT2D eigenvalue weighted by molar-refractivity contribution is 0.0690. The molecule has 2 aromatic heterocycles. The third-order valence-corrected chi connectivity index (χ3v) is 2.60.